The van der Waals surface area contributed by atoms with Crippen LogP contribution in [0.1, 0.15) is 31.4 Å². The van der Waals surface area contributed by atoms with E-state index in [-0.39, 0.29) is 10.5 Å². The minimum atomic E-state index is -0.855. The monoisotopic (exact) mass is 301 g/mol. The Morgan fingerprint density at radius 2 is 2.18 bits per heavy atom. The van der Waals surface area contributed by atoms with Crippen LogP contribution in [0.15, 0.2) is 16.6 Å². The molecule has 0 saturated carbocycles. The third kappa shape index (κ3) is 3.52. The fraction of sp³-hybridized carbons (Fsp3) is 0.385. The zero-order chi connectivity index (χ0) is 12.8. The van der Waals surface area contributed by atoms with E-state index in [4.69, 9.17) is 6.42 Å². The van der Waals surface area contributed by atoms with Gasteiger partial charge in [0.05, 0.1) is 4.47 Å². The highest BCUT2D eigenvalue weighted by atomic mass is 79.9. The Morgan fingerprint density at radius 1 is 1.47 bits per heavy atom. The molecule has 1 aromatic rings. The van der Waals surface area contributed by atoms with Crippen molar-refractivity contribution in [3.8, 4) is 12.3 Å². The molecule has 1 N–H and O–H groups in total. The summed E-state index contributed by atoms with van der Waals surface area (Å²) < 4.78 is 26.6. The van der Waals surface area contributed by atoms with Gasteiger partial charge in [-0.3, -0.25) is 0 Å². The standard InChI is InChI=1S/C13H14BrF2N/c1-3-5-6-11(17-4-2)9-7-8-10(15)13(16)12(9)14/h1,7-8,11,17H,4-6H2,2H3. The number of benzene rings is 1. The van der Waals surface area contributed by atoms with Gasteiger partial charge in [0.1, 0.15) is 0 Å². The van der Waals surface area contributed by atoms with Crippen molar-refractivity contribution >= 4 is 15.9 Å². The van der Waals surface area contributed by atoms with E-state index in [0.29, 0.717) is 18.4 Å². The molecule has 0 fully saturated rings. The molecule has 0 saturated heterocycles. The summed E-state index contributed by atoms with van der Waals surface area (Å²) in [4.78, 5) is 0. The van der Waals surface area contributed by atoms with Gasteiger partial charge in [-0.15, -0.1) is 12.3 Å². The van der Waals surface area contributed by atoms with Gasteiger partial charge in [0, 0.05) is 12.5 Å². The van der Waals surface area contributed by atoms with Crippen LogP contribution in [0.5, 0.6) is 0 Å². The van der Waals surface area contributed by atoms with Crippen LogP contribution >= 0.6 is 15.9 Å². The van der Waals surface area contributed by atoms with Crippen LogP contribution in [0.3, 0.4) is 0 Å². The van der Waals surface area contributed by atoms with Gasteiger partial charge in [-0.25, -0.2) is 8.78 Å². The molecular formula is C13H14BrF2N. The van der Waals surface area contributed by atoms with Gasteiger partial charge >= 0.3 is 0 Å². The van der Waals surface area contributed by atoms with Gasteiger partial charge in [-0.05, 0) is 40.5 Å². The zero-order valence-corrected chi connectivity index (χ0v) is 11.2. The van der Waals surface area contributed by atoms with E-state index in [9.17, 15) is 8.78 Å². The number of rotatable bonds is 5. The Kier molecular flexibility index (Phi) is 5.60. The van der Waals surface area contributed by atoms with Crippen molar-refractivity contribution in [2.45, 2.75) is 25.8 Å². The summed E-state index contributed by atoms with van der Waals surface area (Å²) in [6.07, 6.45) is 6.49. The molecule has 0 aromatic heterocycles. The molecule has 17 heavy (non-hydrogen) atoms. The normalized spacial score (nSPS) is 12.2. The van der Waals surface area contributed by atoms with Gasteiger partial charge in [-0.2, -0.15) is 0 Å². The second-order valence-electron chi connectivity index (χ2n) is 3.62. The van der Waals surface area contributed by atoms with Crippen LogP contribution in [-0.2, 0) is 0 Å². The highest BCUT2D eigenvalue weighted by Crippen LogP contribution is 2.30. The second kappa shape index (κ2) is 6.73. The molecule has 4 heteroatoms. The second-order valence-corrected chi connectivity index (χ2v) is 4.41. The van der Waals surface area contributed by atoms with E-state index < -0.39 is 11.6 Å². The molecule has 0 spiro atoms. The topological polar surface area (TPSA) is 12.0 Å². The Hall–Kier alpha value is -0.920. The highest BCUT2D eigenvalue weighted by Gasteiger charge is 2.17. The number of hydrogen-bond donors (Lipinski definition) is 1. The molecule has 1 unspecified atom stereocenters. The molecule has 0 radical (unpaired) electrons. The van der Waals surface area contributed by atoms with Crippen LogP contribution in [-0.4, -0.2) is 6.54 Å². The lowest BCUT2D eigenvalue weighted by Gasteiger charge is -2.19. The average molecular weight is 302 g/mol. The van der Waals surface area contributed by atoms with Gasteiger partial charge in [0.25, 0.3) is 0 Å². The van der Waals surface area contributed by atoms with Gasteiger partial charge < -0.3 is 5.32 Å². The van der Waals surface area contributed by atoms with Gasteiger partial charge in [0.2, 0.25) is 0 Å². The lowest BCUT2D eigenvalue weighted by molar-refractivity contribution is 0.485. The summed E-state index contributed by atoms with van der Waals surface area (Å²) in [6, 6.07) is 2.64. The molecule has 0 aliphatic heterocycles. The van der Waals surface area contributed by atoms with Gasteiger partial charge in [-0.1, -0.05) is 13.0 Å². The molecule has 92 valence electrons. The first-order valence-electron chi connectivity index (χ1n) is 5.42. The summed E-state index contributed by atoms with van der Waals surface area (Å²) in [5, 5.41) is 3.21. The van der Waals surface area contributed by atoms with E-state index in [1.54, 1.807) is 6.07 Å². The number of halogens is 3. The predicted octanol–water partition coefficient (Wildman–Crippen LogP) is 3.79. The Bertz CT molecular complexity index is 426. The van der Waals surface area contributed by atoms with Crippen molar-refractivity contribution in [1.29, 1.82) is 0 Å². The molecule has 1 aromatic carbocycles. The first-order valence-corrected chi connectivity index (χ1v) is 6.21. The molecule has 0 aliphatic carbocycles. The van der Waals surface area contributed by atoms with Crippen molar-refractivity contribution in [1.82, 2.24) is 5.32 Å². The quantitative estimate of drug-likeness (QED) is 0.644. The minimum Gasteiger partial charge on any atom is -0.310 e. The number of hydrogen-bond acceptors (Lipinski definition) is 1. The molecule has 0 bridgehead atoms. The largest absolute Gasteiger partial charge is 0.310 e. The average Bonchev–Trinajstić information content (AvgIpc) is 2.32. The van der Waals surface area contributed by atoms with E-state index in [2.05, 4.69) is 27.2 Å². The molecule has 0 aliphatic rings. The number of terminal acetylenes is 1. The fourth-order valence-corrected chi connectivity index (χ4v) is 2.25. The summed E-state index contributed by atoms with van der Waals surface area (Å²) >= 11 is 3.09. The summed E-state index contributed by atoms with van der Waals surface area (Å²) in [7, 11) is 0. The van der Waals surface area contributed by atoms with Gasteiger partial charge in [0.15, 0.2) is 11.6 Å². The first kappa shape index (κ1) is 14.1. The van der Waals surface area contributed by atoms with E-state index in [0.717, 1.165) is 12.6 Å². The fourth-order valence-electron chi connectivity index (χ4n) is 1.65. The van der Waals surface area contributed by atoms with Crippen molar-refractivity contribution in [3.63, 3.8) is 0 Å². The Labute approximate surface area is 109 Å². The van der Waals surface area contributed by atoms with Crippen LogP contribution in [0.25, 0.3) is 0 Å². The third-order valence-corrected chi connectivity index (χ3v) is 3.27. The maximum atomic E-state index is 13.4. The lowest BCUT2D eigenvalue weighted by Crippen LogP contribution is -2.21. The van der Waals surface area contributed by atoms with E-state index in [1.807, 2.05) is 6.92 Å². The van der Waals surface area contributed by atoms with Crippen molar-refractivity contribution in [2.24, 2.45) is 0 Å². The molecule has 0 amide bonds. The first-order chi connectivity index (χ1) is 8.11. The summed E-state index contributed by atoms with van der Waals surface area (Å²) in [5.41, 5.74) is 0.695. The minimum absolute atomic E-state index is 0.0690. The molecular weight excluding hydrogens is 288 g/mol. The Balaban J connectivity index is 3.02. The van der Waals surface area contributed by atoms with Crippen LogP contribution in [0.2, 0.25) is 0 Å². The van der Waals surface area contributed by atoms with Crippen molar-refractivity contribution in [2.75, 3.05) is 6.54 Å². The smallest absolute Gasteiger partial charge is 0.173 e. The maximum Gasteiger partial charge on any atom is 0.173 e. The van der Waals surface area contributed by atoms with Crippen molar-refractivity contribution < 1.29 is 8.78 Å². The van der Waals surface area contributed by atoms with E-state index in [1.165, 1.54) is 0 Å². The van der Waals surface area contributed by atoms with Crippen molar-refractivity contribution in [3.05, 3.63) is 33.8 Å². The SMILES string of the molecule is C#CCCC(NCC)c1ccc(F)c(F)c1Br. The zero-order valence-electron chi connectivity index (χ0n) is 9.56. The molecule has 0 heterocycles. The lowest BCUT2D eigenvalue weighted by atomic mass is 10.0. The molecule has 1 rings (SSSR count). The predicted molar refractivity (Wildman–Crippen MR) is 68.5 cm³/mol. The molecule has 1 atom stereocenters. The van der Waals surface area contributed by atoms with Crippen LogP contribution < -0.4 is 5.32 Å². The summed E-state index contributed by atoms with van der Waals surface area (Å²) in [5.74, 6) is 0.839. The summed E-state index contributed by atoms with van der Waals surface area (Å²) in [6.45, 7) is 2.69. The van der Waals surface area contributed by atoms with Crippen LogP contribution in [0.4, 0.5) is 8.78 Å². The highest BCUT2D eigenvalue weighted by molar-refractivity contribution is 9.10. The number of nitrogens with one attached hydrogen (secondary N) is 1. The maximum absolute atomic E-state index is 13.4. The third-order valence-electron chi connectivity index (χ3n) is 2.47. The van der Waals surface area contributed by atoms with E-state index >= 15 is 0 Å². The molecule has 1 nitrogen and oxygen atoms in total. The van der Waals surface area contributed by atoms with Crippen LogP contribution in [0, 0.1) is 24.0 Å². The Morgan fingerprint density at radius 3 is 2.76 bits per heavy atom.